The summed E-state index contributed by atoms with van der Waals surface area (Å²) in [5, 5.41) is 8.95. The van der Waals surface area contributed by atoms with E-state index < -0.39 is 5.60 Å². The maximum atomic E-state index is 12.2. The lowest BCUT2D eigenvalue weighted by molar-refractivity contribution is 0.00751. The van der Waals surface area contributed by atoms with E-state index in [2.05, 4.69) is 6.07 Å². The molecule has 0 spiro atoms. The maximum Gasteiger partial charge on any atom is 0.410 e. The summed E-state index contributed by atoms with van der Waals surface area (Å²) in [6.45, 7) is 6.69. The molecule has 130 valence electrons. The highest BCUT2D eigenvalue weighted by molar-refractivity contribution is 5.68. The van der Waals surface area contributed by atoms with Crippen molar-refractivity contribution < 1.29 is 19.0 Å². The van der Waals surface area contributed by atoms with Crippen molar-refractivity contribution in [3.05, 3.63) is 23.8 Å². The molecule has 1 fully saturated rings. The highest BCUT2D eigenvalue weighted by Crippen LogP contribution is 2.30. The summed E-state index contributed by atoms with van der Waals surface area (Å²) in [5.74, 6) is 1.09. The molecule has 0 aromatic heterocycles. The quantitative estimate of drug-likeness (QED) is 0.849. The number of ether oxygens (including phenoxy) is 3. The van der Waals surface area contributed by atoms with Crippen molar-refractivity contribution in [2.45, 2.75) is 45.3 Å². The van der Waals surface area contributed by atoms with Gasteiger partial charge >= 0.3 is 6.09 Å². The number of benzene rings is 1. The number of hydrogen-bond acceptors (Lipinski definition) is 5. The van der Waals surface area contributed by atoms with Gasteiger partial charge in [-0.2, -0.15) is 5.26 Å². The third kappa shape index (κ3) is 4.79. The first-order valence-corrected chi connectivity index (χ1v) is 8.05. The molecule has 1 aliphatic rings. The molecule has 0 saturated carbocycles. The van der Waals surface area contributed by atoms with Crippen LogP contribution in [0.15, 0.2) is 18.2 Å². The number of piperidine rings is 1. The Kier molecular flexibility index (Phi) is 5.55. The molecule has 6 heteroatoms. The number of amides is 1. The van der Waals surface area contributed by atoms with Gasteiger partial charge in [-0.25, -0.2) is 4.79 Å². The predicted molar refractivity (Wildman–Crippen MR) is 89.2 cm³/mol. The van der Waals surface area contributed by atoms with Crippen LogP contribution in [0.1, 0.15) is 39.2 Å². The molecule has 1 aromatic carbocycles. The zero-order valence-corrected chi connectivity index (χ0v) is 14.7. The van der Waals surface area contributed by atoms with Gasteiger partial charge in [0.1, 0.15) is 11.7 Å². The molecular formula is C18H24N2O4. The Morgan fingerprint density at radius 3 is 2.71 bits per heavy atom. The van der Waals surface area contributed by atoms with E-state index in [1.165, 1.54) is 7.11 Å². The Labute approximate surface area is 142 Å². The van der Waals surface area contributed by atoms with Crippen LogP contribution in [0, 0.1) is 11.3 Å². The van der Waals surface area contributed by atoms with Gasteiger partial charge in [-0.3, -0.25) is 0 Å². The lowest BCUT2D eigenvalue weighted by Crippen LogP contribution is -2.46. The zero-order chi connectivity index (χ0) is 17.7. The average molecular weight is 332 g/mol. The van der Waals surface area contributed by atoms with Gasteiger partial charge < -0.3 is 19.1 Å². The fourth-order valence-electron chi connectivity index (χ4n) is 2.54. The van der Waals surface area contributed by atoms with Crippen molar-refractivity contribution in [1.82, 2.24) is 4.90 Å². The molecule has 0 aliphatic carbocycles. The van der Waals surface area contributed by atoms with Crippen LogP contribution in [0.3, 0.4) is 0 Å². The van der Waals surface area contributed by atoms with Crippen LogP contribution in [-0.4, -0.2) is 42.9 Å². The second-order valence-corrected chi connectivity index (χ2v) is 6.79. The van der Waals surface area contributed by atoms with Gasteiger partial charge in [0.15, 0.2) is 11.5 Å². The fourth-order valence-corrected chi connectivity index (χ4v) is 2.54. The summed E-state index contributed by atoms with van der Waals surface area (Å²) in [6.07, 6.45) is 1.25. The van der Waals surface area contributed by atoms with Gasteiger partial charge in [0.25, 0.3) is 0 Å². The number of hydrogen-bond donors (Lipinski definition) is 0. The largest absolute Gasteiger partial charge is 0.493 e. The van der Waals surface area contributed by atoms with Crippen LogP contribution >= 0.6 is 0 Å². The minimum atomic E-state index is -0.513. The molecular weight excluding hydrogens is 308 g/mol. The van der Waals surface area contributed by atoms with Crippen molar-refractivity contribution in [2.24, 2.45) is 0 Å². The standard InChI is InChI=1S/C18H24N2O4/c1-18(2,3)24-17(21)20-9-5-6-14(12-20)23-15-8-7-13(11-19)10-16(15)22-4/h7-8,10,14H,5-6,9,12H2,1-4H3/t14-/m0/s1. The summed E-state index contributed by atoms with van der Waals surface area (Å²) < 4.78 is 16.7. The Bertz CT molecular complexity index is 631. The Morgan fingerprint density at radius 2 is 2.08 bits per heavy atom. The van der Waals surface area contributed by atoms with Crippen LogP contribution < -0.4 is 9.47 Å². The molecule has 1 atom stereocenters. The third-order valence-corrected chi connectivity index (χ3v) is 3.62. The van der Waals surface area contributed by atoms with E-state index >= 15 is 0 Å². The Morgan fingerprint density at radius 1 is 1.33 bits per heavy atom. The molecule has 1 aliphatic heterocycles. The first kappa shape index (κ1) is 17.9. The zero-order valence-electron chi connectivity index (χ0n) is 14.7. The first-order valence-electron chi connectivity index (χ1n) is 8.05. The number of nitriles is 1. The van der Waals surface area contributed by atoms with E-state index in [0.29, 0.717) is 30.2 Å². The van der Waals surface area contributed by atoms with Crippen LogP contribution in [0.5, 0.6) is 11.5 Å². The smallest absolute Gasteiger partial charge is 0.410 e. The van der Waals surface area contributed by atoms with E-state index in [9.17, 15) is 4.79 Å². The Hall–Kier alpha value is -2.42. The number of likely N-dealkylation sites (tertiary alicyclic amines) is 1. The van der Waals surface area contributed by atoms with Gasteiger partial charge in [0, 0.05) is 12.6 Å². The number of nitrogens with zero attached hydrogens (tertiary/aromatic N) is 2. The first-order chi connectivity index (χ1) is 11.3. The summed E-state index contributed by atoms with van der Waals surface area (Å²) in [5.41, 5.74) is -0.000423. The number of carbonyl (C=O) groups is 1. The summed E-state index contributed by atoms with van der Waals surface area (Å²) in [7, 11) is 1.54. The number of rotatable bonds is 3. The highest BCUT2D eigenvalue weighted by atomic mass is 16.6. The fraction of sp³-hybridized carbons (Fsp3) is 0.556. The highest BCUT2D eigenvalue weighted by Gasteiger charge is 2.29. The minimum absolute atomic E-state index is 0.131. The van der Waals surface area contributed by atoms with Crippen LogP contribution in [0.2, 0.25) is 0 Å². The molecule has 24 heavy (non-hydrogen) atoms. The summed E-state index contributed by atoms with van der Waals surface area (Å²) in [4.78, 5) is 13.9. The molecule has 1 saturated heterocycles. The third-order valence-electron chi connectivity index (χ3n) is 3.62. The van der Waals surface area contributed by atoms with Crippen LogP contribution in [0.25, 0.3) is 0 Å². The summed E-state index contributed by atoms with van der Waals surface area (Å²) >= 11 is 0. The van der Waals surface area contributed by atoms with Crippen molar-refractivity contribution in [3.8, 4) is 17.6 Å². The van der Waals surface area contributed by atoms with Crippen molar-refractivity contribution in [3.63, 3.8) is 0 Å². The minimum Gasteiger partial charge on any atom is -0.493 e. The van der Waals surface area contributed by atoms with Gasteiger partial charge in [-0.1, -0.05) is 0 Å². The molecule has 1 aromatic rings. The second-order valence-electron chi connectivity index (χ2n) is 6.79. The normalized spacial score (nSPS) is 17.8. The van der Waals surface area contributed by atoms with Crippen LogP contribution in [-0.2, 0) is 4.74 Å². The molecule has 0 bridgehead atoms. The van der Waals surface area contributed by atoms with Gasteiger partial charge in [0.2, 0.25) is 0 Å². The lowest BCUT2D eigenvalue weighted by Gasteiger charge is -2.34. The van der Waals surface area contributed by atoms with Crippen molar-refractivity contribution >= 4 is 6.09 Å². The number of methoxy groups -OCH3 is 1. The van der Waals surface area contributed by atoms with E-state index in [-0.39, 0.29) is 12.2 Å². The lowest BCUT2D eigenvalue weighted by atomic mass is 10.1. The maximum absolute atomic E-state index is 12.2. The van der Waals surface area contributed by atoms with E-state index in [4.69, 9.17) is 19.5 Å². The Balaban J connectivity index is 2.03. The van der Waals surface area contributed by atoms with E-state index in [1.807, 2.05) is 20.8 Å². The van der Waals surface area contributed by atoms with Crippen LogP contribution in [0.4, 0.5) is 4.79 Å². The molecule has 0 radical (unpaired) electrons. The van der Waals surface area contributed by atoms with Gasteiger partial charge in [0.05, 0.1) is 25.3 Å². The SMILES string of the molecule is COc1cc(C#N)ccc1O[C@H]1CCCN(C(=O)OC(C)(C)C)C1. The van der Waals surface area contributed by atoms with Gasteiger partial charge in [-0.15, -0.1) is 0 Å². The average Bonchev–Trinajstić information content (AvgIpc) is 2.54. The molecule has 1 amide bonds. The predicted octanol–water partition coefficient (Wildman–Crippen LogP) is 3.35. The summed E-state index contributed by atoms with van der Waals surface area (Å²) in [6, 6.07) is 7.13. The van der Waals surface area contributed by atoms with E-state index in [0.717, 1.165) is 12.8 Å². The monoisotopic (exact) mass is 332 g/mol. The molecule has 6 nitrogen and oxygen atoms in total. The number of carbonyl (C=O) groups excluding carboxylic acids is 1. The second kappa shape index (κ2) is 7.43. The van der Waals surface area contributed by atoms with Gasteiger partial charge in [-0.05, 0) is 45.7 Å². The van der Waals surface area contributed by atoms with Crippen molar-refractivity contribution in [1.29, 1.82) is 5.26 Å². The molecule has 0 unspecified atom stereocenters. The molecule has 0 N–H and O–H groups in total. The van der Waals surface area contributed by atoms with Crippen molar-refractivity contribution in [2.75, 3.05) is 20.2 Å². The topological polar surface area (TPSA) is 71.8 Å². The molecule has 1 heterocycles. The molecule has 2 rings (SSSR count). The van der Waals surface area contributed by atoms with E-state index in [1.54, 1.807) is 23.1 Å².